The molecule has 0 aliphatic carbocycles. The van der Waals surface area contributed by atoms with Crippen molar-refractivity contribution in [2.75, 3.05) is 0 Å². The first kappa shape index (κ1) is 33.4. The molecule has 0 aliphatic heterocycles. The monoisotopic (exact) mass is 622 g/mol. The Balaban J connectivity index is 1.43. The van der Waals surface area contributed by atoms with Crippen molar-refractivity contribution in [2.24, 2.45) is 0 Å². The van der Waals surface area contributed by atoms with E-state index in [1.54, 1.807) is 48.5 Å². The van der Waals surface area contributed by atoms with E-state index >= 15 is 0 Å². The van der Waals surface area contributed by atoms with Crippen molar-refractivity contribution in [1.29, 1.82) is 0 Å². The van der Waals surface area contributed by atoms with Gasteiger partial charge in [0.25, 0.3) is 0 Å². The lowest BCUT2D eigenvalue weighted by molar-refractivity contribution is 0.0927. The Kier molecular flexibility index (Phi) is 10.8. The molecule has 0 unspecified atom stereocenters. The van der Waals surface area contributed by atoms with Gasteiger partial charge in [-0.15, -0.1) is 0 Å². The van der Waals surface area contributed by atoms with Gasteiger partial charge in [-0.05, 0) is 111 Å². The molecule has 0 fully saturated rings. The minimum Gasteiger partial charge on any atom is -0.457 e. The first-order valence-corrected chi connectivity index (χ1v) is 16.5. The zero-order valence-corrected chi connectivity index (χ0v) is 26.8. The summed E-state index contributed by atoms with van der Waals surface area (Å²) in [6, 6.07) is 26.9. The Morgan fingerprint density at radius 1 is 0.556 bits per heavy atom. The molecule has 0 atom stereocenters. The molecule has 0 bridgehead atoms. The Morgan fingerprint density at radius 2 is 0.911 bits per heavy atom. The fraction of sp³-hybridized carbons (Fsp3) is 0.263. The molecular weight excluding hydrogens is 584 g/mol. The molecule has 4 aromatic rings. The molecule has 4 rings (SSSR count). The van der Waals surface area contributed by atoms with E-state index in [9.17, 15) is 18.6 Å². The van der Waals surface area contributed by atoms with Crippen molar-refractivity contribution in [2.45, 2.75) is 74.4 Å². The van der Waals surface area contributed by atoms with Crippen LogP contribution in [0.4, 0.5) is 0 Å². The summed E-state index contributed by atoms with van der Waals surface area (Å²) < 4.78 is 38.5. The molecule has 0 radical (unpaired) electrons. The molecule has 0 saturated heterocycles. The van der Waals surface area contributed by atoms with Crippen molar-refractivity contribution in [3.8, 4) is 46.7 Å². The smallest absolute Gasteiger partial charge is 0.206 e. The largest absolute Gasteiger partial charge is 0.457 e. The Labute approximate surface area is 266 Å². The van der Waals surface area contributed by atoms with E-state index in [1.165, 1.54) is 24.3 Å². The van der Waals surface area contributed by atoms with Gasteiger partial charge in [0.15, 0.2) is 0 Å². The fourth-order valence-electron chi connectivity index (χ4n) is 4.29. The van der Waals surface area contributed by atoms with Crippen molar-refractivity contribution in [1.82, 2.24) is 0 Å². The average Bonchev–Trinajstić information content (AvgIpc) is 3.07. The van der Waals surface area contributed by atoms with E-state index in [0.717, 1.165) is 0 Å². The van der Waals surface area contributed by atoms with E-state index < -0.39 is 21.0 Å². The first-order chi connectivity index (χ1) is 21.5. The predicted molar refractivity (Wildman–Crippen MR) is 176 cm³/mol. The van der Waals surface area contributed by atoms with Gasteiger partial charge in [-0.3, -0.25) is 0 Å². The van der Waals surface area contributed by atoms with Gasteiger partial charge in [-0.25, -0.2) is 8.42 Å². The van der Waals surface area contributed by atoms with E-state index in [0.29, 0.717) is 59.8 Å². The predicted octanol–water partition coefficient (Wildman–Crippen LogP) is 7.91. The maximum atomic E-state index is 13.3. The van der Waals surface area contributed by atoms with Gasteiger partial charge in [0.2, 0.25) is 9.84 Å². The van der Waals surface area contributed by atoms with Gasteiger partial charge in [0.1, 0.15) is 34.2 Å². The number of aliphatic hydroxyl groups is 2. The standard InChI is InChI=1S/C38H38O6S/c1-5-37(39,6-2)25-23-29-11-9-13-33(27-29)43-31-15-19-35(20-16-31)45(41,42)36-21-17-32(18-22-36)44-34-14-10-12-30(28-34)24-26-38(40,7-3)8-4/h9-22,27-28,39-40H,5-8H2,1-4H3. The third-order valence-electron chi connectivity index (χ3n) is 7.63. The van der Waals surface area contributed by atoms with Crippen LogP contribution in [-0.2, 0) is 9.84 Å². The molecule has 232 valence electrons. The van der Waals surface area contributed by atoms with Gasteiger partial charge >= 0.3 is 0 Å². The van der Waals surface area contributed by atoms with E-state index in [-0.39, 0.29) is 9.79 Å². The Bertz CT molecular complexity index is 1700. The summed E-state index contributed by atoms with van der Waals surface area (Å²) in [6.07, 6.45) is 2.15. The van der Waals surface area contributed by atoms with Crippen LogP contribution in [0.25, 0.3) is 0 Å². The van der Waals surface area contributed by atoms with Crippen LogP contribution in [0.1, 0.15) is 64.5 Å². The zero-order chi connectivity index (χ0) is 32.5. The van der Waals surface area contributed by atoms with Crippen LogP contribution in [0.5, 0.6) is 23.0 Å². The van der Waals surface area contributed by atoms with Crippen molar-refractivity contribution >= 4 is 9.84 Å². The highest BCUT2D eigenvalue weighted by atomic mass is 32.2. The molecule has 0 amide bonds. The molecule has 0 saturated carbocycles. The van der Waals surface area contributed by atoms with Crippen LogP contribution in [-0.4, -0.2) is 29.8 Å². The summed E-state index contributed by atoms with van der Waals surface area (Å²) in [5.41, 5.74) is -0.633. The van der Waals surface area contributed by atoms with Crippen LogP contribution in [0.3, 0.4) is 0 Å². The quantitative estimate of drug-likeness (QED) is 0.175. The molecule has 0 aromatic heterocycles. The minimum absolute atomic E-state index is 0.131. The Morgan fingerprint density at radius 3 is 1.24 bits per heavy atom. The molecule has 0 aliphatic rings. The minimum atomic E-state index is -3.78. The summed E-state index contributed by atoms with van der Waals surface area (Å²) >= 11 is 0. The lowest BCUT2D eigenvalue weighted by atomic mass is 9.98. The van der Waals surface area contributed by atoms with Crippen LogP contribution in [0.15, 0.2) is 107 Å². The summed E-state index contributed by atoms with van der Waals surface area (Å²) in [5, 5.41) is 20.9. The summed E-state index contributed by atoms with van der Waals surface area (Å²) in [5.74, 6) is 13.9. The van der Waals surface area contributed by atoms with Crippen LogP contribution in [0.2, 0.25) is 0 Å². The molecule has 45 heavy (non-hydrogen) atoms. The highest BCUT2D eigenvalue weighted by molar-refractivity contribution is 7.91. The highest BCUT2D eigenvalue weighted by Gasteiger charge is 2.20. The molecule has 6 nitrogen and oxygen atoms in total. The molecule has 2 N–H and O–H groups in total. The van der Waals surface area contributed by atoms with Crippen molar-refractivity contribution < 1.29 is 28.1 Å². The summed E-state index contributed by atoms with van der Waals surface area (Å²) in [6.45, 7) is 7.58. The van der Waals surface area contributed by atoms with Crippen LogP contribution < -0.4 is 9.47 Å². The van der Waals surface area contributed by atoms with Crippen molar-refractivity contribution in [3.63, 3.8) is 0 Å². The SMILES string of the molecule is CCC(O)(C#Cc1cccc(Oc2ccc(S(=O)(=O)c3ccc(Oc4cccc(C#CC(O)(CC)CC)c4)cc3)cc2)c1)CC. The normalized spacial score (nSPS) is 11.5. The lowest BCUT2D eigenvalue weighted by Crippen LogP contribution is -2.23. The number of sulfone groups is 1. The molecule has 0 spiro atoms. The fourth-order valence-corrected chi connectivity index (χ4v) is 5.55. The average molecular weight is 623 g/mol. The second kappa shape index (κ2) is 14.5. The van der Waals surface area contributed by atoms with Gasteiger partial charge in [0, 0.05) is 11.1 Å². The first-order valence-electron chi connectivity index (χ1n) is 15.0. The highest BCUT2D eigenvalue weighted by Crippen LogP contribution is 2.29. The van der Waals surface area contributed by atoms with Crippen LogP contribution >= 0.6 is 0 Å². The summed E-state index contributed by atoms with van der Waals surface area (Å²) in [4.78, 5) is 0.263. The number of rotatable bonds is 10. The number of benzene rings is 4. The van der Waals surface area contributed by atoms with Gasteiger partial charge in [0.05, 0.1) is 9.79 Å². The number of ether oxygens (including phenoxy) is 2. The second-order valence-electron chi connectivity index (χ2n) is 10.7. The third kappa shape index (κ3) is 8.77. The molecule has 0 heterocycles. The zero-order valence-electron chi connectivity index (χ0n) is 26.0. The molecule has 7 heteroatoms. The Hall–Kier alpha value is -4.53. The van der Waals surface area contributed by atoms with E-state index in [1.807, 2.05) is 52.0 Å². The third-order valence-corrected chi connectivity index (χ3v) is 9.41. The maximum Gasteiger partial charge on any atom is 0.206 e. The van der Waals surface area contributed by atoms with Gasteiger partial charge in [-0.2, -0.15) is 0 Å². The maximum absolute atomic E-state index is 13.3. The van der Waals surface area contributed by atoms with Gasteiger partial charge < -0.3 is 19.7 Å². The van der Waals surface area contributed by atoms with Crippen molar-refractivity contribution in [3.05, 3.63) is 108 Å². The van der Waals surface area contributed by atoms with E-state index in [4.69, 9.17) is 9.47 Å². The van der Waals surface area contributed by atoms with Crippen LogP contribution in [0, 0.1) is 23.7 Å². The molecule has 4 aromatic carbocycles. The van der Waals surface area contributed by atoms with Gasteiger partial charge in [-0.1, -0.05) is 63.5 Å². The summed E-state index contributed by atoms with van der Waals surface area (Å²) in [7, 11) is -3.78. The topological polar surface area (TPSA) is 93.1 Å². The van der Waals surface area contributed by atoms with E-state index in [2.05, 4.69) is 23.7 Å². The number of hydrogen-bond acceptors (Lipinski definition) is 6. The molecular formula is C38H38O6S. The second-order valence-corrected chi connectivity index (χ2v) is 12.6. The lowest BCUT2D eigenvalue weighted by Gasteiger charge is -2.17. The number of hydrogen-bond donors (Lipinski definition) is 2.